The van der Waals surface area contributed by atoms with E-state index in [1.807, 2.05) is 0 Å². The number of carboxylic acid groups (broad SMARTS) is 1. The van der Waals surface area contributed by atoms with Crippen molar-refractivity contribution in [2.24, 2.45) is 5.73 Å². The minimum atomic E-state index is -2.78. The molecule has 0 saturated heterocycles. The molecule has 0 unspecified atom stereocenters. The van der Waals surface area contributed by atoms with Crippen LogP contribution in [0.3, 0.4) is 0 Å². The molecule has 7 heteroatoms. The minimum absolute atomic E-state index is 0.0899. The molecule has 4 nitrogen and oxygen atoms in total. The predicted octanol–water partition coefficient (Wildman–Crippen LogP) is 1.87. The Morgan fingerprint density at radius 2 is 2.25 bits per heavy atom. The highest BCUT2D eigenvalue weighted by molar-refractivity contribution is 9.10. The highest BCUT2D eigenvalue weighted by atomic mass is 79.9. The Morgan fingerprint density at radius 1 is 1.62 bits per heavy atom. The molecule has 88 valence electrons. The summed E-state index contributed by atoms with van der Waals surface area (Å²) >= 11 is 3.02. The van der Waals surface area contributed by atoms with Crippen LogP contribution in [0.5, 0.6) is 0 Å². The zero-order chi connectivity index (χ0) is 12.3. The summed E-state index contributed by atoms with van der Waals surface area (Å²) in [5.41, 5.74) is 4.99. The quantitative estimate of drug-likeness (QED) is 0.831. The number of pyridine rings is 1. The third-order valence-electron chi connectivity index (χ3n) is 1.95. The molecule has 16 heavy (non-hydrogen) atoms. The molecule has 0 aliphatic carbocycles. The maximum atomic E-state index is 12.8. The number of rotatable bonds is 4. The van der Waals surface area contributed by atoms with Crippen LogP contribution < -0.4 is 5.73 Å². The second-order valence-corrected chi connectivity index (χ2v) is 3.85. The molecule has 3 N–H and O–H groups in total. The number of hydrogen-bond acceptors (Lipinski definition) is 3. The van der Waals surface area contributed by atoms with E-state index in [0.717, 1.165) is 0 Å². The van der Waals surface area contributed by atoms with E-state index < -0.39 is 18.8 Å². The van der Waals surface area contributed by atoms with Crippen molar-refractivity contribution in [2.45, 2.75) is 19.4 Å². The van der Waals surface area contributed by atoms with Gasteiger partial charge in [-0.05, 0) is 27.6 Å². The van der Waals surface area contributed by atoms with Crippen LogP contribution in [0.15, 0.2) is 10.7 Å². The monoisotopic (exact) mass is 294 g/mol. The van der Waals surface area contributed by atoms with E-state index in [1.165, 1.54) is 6.07 Å². The van der Waals surface area contributed by atoms with Gasteiger partial charge in [0.15, 0.2) is 0 Å². The Bertz CT molecular complexity index is 413. The van der Waals surface area contributed by atoms with Gasteiger partial charge in [-0.1, -0.05) is 0 Å². The molecule has 1 rings (SSSR count). The Hall–Kier alpha value is -1.08. The van der Waals surface area contributed by atoms with Crippen molar-refractivity contribution >= 4 is 21.9 Å². The Labute approximate surface area is 98.6 Å². The first-order valence-electron chi connectivity index (χ1n) is 4.34. The fraction of sp³-hybridized carbons (Fsp3) is 0.333. The summed E-state index contributed by atoms with van der Waals surface area (Å²) in [6.07, 6.45) is -3.33. The van der Waals surface area contributed by atoms with Crippen molar-refractivity contribution in [3.63, 3.8) is 0 Å². The van der Waals surface area contributed by atoms with Crippen LogP contribution in [-0.4, -0.2) is 16.1 Å². The van der Waals surface area contributed by atoms with Gasteiger partial charge in [-0.3, -0.25) is 4.79 Å². The normalized spacial score (nSPS) is 10.8. The molecule has 0 radical (unpaired) electrons. The molecule has 0 saturated carbocycles. The molecule has 0 aliphatic rings. The third-order valence-corrected chi connectivity index (χ3v) is 2.35. The van der Waals surface area contributed by atoms with E-state index in [-0.39, 0.29) is 23.4 Å². The predicted molar refractivity (Wildman–Crippen MR) is 56.1 cm³/mol. The number of aromatic nitrogens is 1. The summed E-state index contributed by atoms with van der Waals surface area (Å²) in [6.45, 7) is -0.0899. The first-order valence-corrected chi connectivity index (χ1v) is 5.13. The van der Waals surface area contributed by atoms with E-state index in [4.69, 9.17) is 10.8 Å². The fourth-order valence-corrected chi connectivity index (χ4v) is 1.83. The van der Waals surface area contributed by atoms with Crippen LogP contribution in [0.25, 0.3) is 0 Å². The number of carboxylic acids is 1. The summed E-state index contributed by atoms with van der Waals surface area (Å²) in [4.78, 5) is 14.3. The largest absolute Gasteiger partial charge is 0.481 e. The third kappa shape index (κ3) is 2.96. The zero-order valence-electron chi connectivity index (χ0n) is 8.08. The average Bonchev–Trinajstić information content (AvgIpc) is 2.14. The number of nitrogens with zero attached hydrogens (tertiary/aromatic N) is 1. The SMILES string of the molecule is NCc1cc(Br)nc(CC(=O)O)c1C(F)F. The number of carbonyl (C=O) groups is 1. The van der Waals surface area contributed by atoms with E-state index >= 15 is 0 Å². The first-order chi connectivity index (χ1) is 7.45. The molecule has 1 aromatic heterocycles. The molecule has 1 heterocycles. The van der Waals surface area contributed by atoms with E-state index in [1.54, 1.807) is 0 Å². The topological polar surface area (TPSA) is 76.2 Å². The van der Waals surface area contributed by atoms with Crippen molar-refractivity contribution in [3.8, 4) is 0 Å². The van der Waals surface area contributed by atoms with Gasteiger partial charge in [0, 0.05) is 12.1 Å². The summed E-state index contributed by atoms with van der Waals surface area (Å²) in [6, 6.07) is 1.37. The Morgan fingerprint density at radius 3 is 2.69 bits per heavy atom. The van der Waals surface area contributed by atoms with E-state index in [9.17, 15) is 13.6 Å². The number of alkyl halides is 2. The van der Waals surface area contributed by atoms with Gasteiger partial charge in [0.1, 0.15) is 4.60 Å². The van der Waals surface area contributed by atoms with Crippen LogP contribution in [0.1, 0.15) is 23.2 Å². The van der Waals surface area contributed by atoms with Crippen LogP contribution in [0.4, 0.5) is 8.78 Å². The fourth-order valence-electron chi connectivity index (χ4n) is 1.34. The highest BCUT2D eigenvalue weighted by Crippen LogP contribution is 2.28. The number of hydrogen-bond donors (Lipinski definition) is 2. The molecule has 0 bridgehead atoms. The number of nitrogens with two attached hydrogens (primary N) is 1. The molecule has 0 spiro atoms. The molecule has 0 amide bonds. The standard InChI is InChI=1S/C9H9BrF2N2O2/c10-6-1-4(3-13)8(9(11)12)5(14-6)2-7(15)16/h1,9H,2-3,13H2,(H,15,16). The van der Waals surface area contributed by atoms with Gasteiger partial charge >= 0.3 is 5.97 Å². The lowest BCUT2D eigenvalue weighted by Crippen LogP contribution is -2.11. The van der Waals surface area contributed by atoms with E-state index in [0.29, 0.717) is 4.60 Å². The van der Waals surface area contributed by atoms with Crippen LogP contribution in [0.2, 0.25) is 0 Å². The lowest BCUT2D eigenvalue weighted by molar-refractivity contribution is -0.136. The summed E-state index contributed by atoms with van der Waals surface area (Å²) < 4.78 is 25.8. The van der Waals surface area contributed by atoms with Crippen molar-refractivity contribution in [1.82, 2.24) is 4.98 Å². The van der Waals surface area contributed by atoms with Gasteiger partial charge < -0.3 is 10.8 Å². The zero-order valence-corrected chi connectivity index (χ0v) is 9.67. The van der Waals surface area contributed by atoms with Crippen LogP contribution in [-0.2, 0) is 17.8 Å². The molecular weight excluding hydrogens is 286 g/mol. The van der Waals surface area contributed by atoms with Gasteiger partial charge in [0.2, 0.25) is 0 Å². The Balaban J connectivity index is 3.32. The van der Waals surface area contributed by atoms with Crippen molar-refractivity contribution in [3.05, 3.63) is 27.5 Å². The smallest absolute Gasteiger partial charge is 0.309 e. The molecule has 0 aromatic carbocycles. The molecule has 0 fully saturated rings. The van der Waals surface area contributed by atoms with Gasteiger partial charge in [-0.25, -0.2) is 13.8 Å². The summed E-state index contributed by atoms with van der Waals surface area (Å²) in [5.74, 6) is -1.21. The van der Waals surface area contributed by atoms with Crippen LogP contribution >= 0.6 is 15.9 Å². The first kappa shape index (κ1) is 13.0. The molecule has 0 aliphatic heterocycles. The summed E-state index contributed by atoms with van der Waals surface area (Å²) in [5, 5.41) is 8.60. The molecular formula is C9H9BrF2N2O2. The molecule has 0 atom stereocenters. The lowest BCUT2D eigenvalue weighted by Gasteiger charge is -2.11. The average molecular weight is 295 g/mol. The van der Waals surface area contributed by atoms with Gasteiger partial charge in [0.05, 0.1) is 12.1 Å². The number of halogens is 3. The van der Waals surface area contributed by atoms with Crippen molar-refractivity contribution in [1.29, 1.82) is 0 Å². The lowest BCUT2D eigenvalue weighted by atomic mass is 10.0. The second kappa shape index (κ2) is 5.31. The maximum Gasteiger partial charge on any atom is 0.309 e. The second-order valence-electron chi connectivity index (χ2n) is 3.04. The molecule has 1 aromatic rings. The Kier molecular flexibility index (Phi) is 4.31. The summed E-state index contributed by atoms with van der Waals surface area (Å²) in [7, 11) is 0. The van der Waals surface area contributed by atoms with Gasteiger partial charge in [0.25, 0.3) is 6.43 Å². The number of aliphatic carboxylic acids is 1. The van der Waals surface area contributed by atoms with Crippen molar-refractivity contribution < 1.29 is 18.7 Å². The minimum Gasteiger partial charge on any atom is -0.481 e. The van der Waals surface area contributed by atoms with Crippen LogP contribution in [0, 0.1) is 0 Å². The van der Waals surface area contributed by atoms with Gasteiger partial charge in [-0.2, -0.15) is 0 Å². The van der Waals surface area contributed by atoms with E-state index in [2.05, 4.69) is 20.9 Å². The maximum absolute atomic E-state index is 12.8. The highest BCUT2D eigenvalue weighted by Gasteiger charge is 2.21. The van der Waals surface area contributed by atoms with Gasteiger partial charge in [-0.15, -0.1) is 0 Å². The van der Waals surface area contributed by atoms with Crippen molar-refractivity contribution in [2.75, 3.05) is 0 Å².